The van der Waals surface area contributed by atoms with Gasteiger partial charge in [0.15, 0.2) is 16.6 Å². The smallest absolute Gasteiger partial charge is 0.198 e. The number of pyridine rings is 1. The summed E-state index contributed by atoms with van der Waals surface area (Å²) in [5.41, 5.74) is 2.23. The first-order valence-electron chi connectivity index (χ1n) is 5.05. The molecule has 0 aliphatic heterocycles. The summed E-state index contributed by atoms with van der Waals surface area (Å²) in [4.78, 5) is 8.36. The Kier molecular flexibility index (Phi) is 2.26. The van der Waals surface area contributed by atoms with E-state index in [4.69, 9.17) is 11.6 Å². The summed E-state index contributed by atoms with van der Waals surface area (Å²) in [5.74, 6) is 0.660. The van der Waals surface area contributed by atoms with E-state index in [1.54, 1.807) is 16.8 Å². The number of aromatic nitrogens is 5. The van der Waals surface area contributed by atoms with Gasteiger partial charge in [-0.05, 0) is 19.1 Å². The predicted octanol–water partition coefficient (Wildman–Crippen LogP) is 2.15. The normalized spacial score (nSPS) is 10.9. The lowest BCUT2D eigenvalue weighted by molar-refractivity contribution is 1.07. The molecule has 0 fully saturated rings. The average molecular weight is 246 g/mol. The summed E-state index contributed by atoms with van der Waals surface area (Å²) in [6, 6.07) is 5.75. The molecule has 0 aromatic carbocycles. The van der Waals surface area contributed by atoms with Crippen molar-refractivity contribution in [2.24, 2.45) is 0 Å². The van der Waals surface area contributed by atoms with Crippen LogP contribution in [-0.2, 0) is 0 Å². The van der Waals surface area contributed by atoms with Gasteiger partial charge in [0.05, 0.1) is 0 Å². The van der Waals surface area contributed by atoms with E-state index in [1.165, 1.54) is 0 Å². The standard InChI is InChI=1S/C11H8ClN5/c1-7-3-2-4-8(14-7)10-15-16-11-9(12)13-5-6-17(10)11/h2-6H,1H3. The van der Waals surface area contributed by atoms with Gasteiger partial charge in [-0.3, -0.25) is 4.40 Å². The lowest BCUT2D eigenvalue weighted by Crippen LogP contribution is -1.93. The Hall–Kier alpha value is -2.01. The Labute approximate surface area is 102 Å². The first-order valence-corrected chi connectivity index (χ1v) is 5.43. The van der Waals surface area contributed by atoms with Crippen LogP contribution in [0.4, 0.5) is 0 Å². The Bertz CT molecular complexity index is 691. The maximum absolute atomic E-state index is 5.93. The molecule has 0 saturated heterocycles. The third kappa shape index (κ3) is 1.64. The monoisotopic (exact) mass is 245 g/mol. The van der Waals surface area contributed by atoms with Crippen LogP contribution in [0.2, 0.25) is 5.15 Å². The van der Waals surface area contributed by atoms with Crippen molar-refractivity contribution in [3.63, 3.8) is 0 Å². The summed E-state index contributed by atoms with van der Waals surface area (Å²) in [6.07, 6.45) is 3.37. The fourth-order valence-electron chi connectivity index (χ4n) is 1.64. The van der Waals surface area contributed by atoms with Crippen LogP contribution < -0.4 is 0 Å². The molecular formula is C11H8ClN5. The molecule has 17 heavy (non-hydrogen) atoms. The van der Waals surface area contributed by atoms with Crippen molar-refractivity contribution in [1.29, 1.82) is 0 Å². The van der Waals surface area contributed by atoms with Gasteiger partial charge >= 0.3 is 0 Å². The molecule has 84 valence electrons. The van der Waals surface area contributed by atoms with Crippen LogP contribution >= 0.6 is 11.6 Å². The van der Waals surface area contributed by atoms with Crippen molar-refractivity contribution in [2.75, 3.05) is 0 Å². The first kappa shape index (κ1) is 10.2. The maximum Gasteiger partial charge on any atom is 0.198 e. The second-order valence-corrected chi connectivity index (χ2v) is 3.96. The molecule has 3 heterocycles. The van der Waals surface area contributed by atoms with Crippen molar-refractivity contribution >= 4 is 17.2 Å². The summed E-state index contributed by atoms with van der Waals surface area (Å²) in [7, 11) is 0. The Morgan fingerprint density at radius 2 is 2.12 bits per heavy atom. The number of rotatable bonds is 1. The summed E-state index contributed by atoms with van der Waals surface area (Å²) in [5, 5.41) is 8.43. The Morgan fingerprint density at radius 3 is 2.94 bits per heavy atom. The van der Waals surface area contributed by atoms with Gasteiger partial charge in [-0.25, -0.2) is 9.97 Å². The fourth-order valence-corrected chi connectivity index (χ4v) is 1.82. The minimum Gasteiger partial charge on any atom is -0.277 e. The second-order valence-electron chi connectivity index (χ2n) is 3.60. The molecule has 3 rings (SSSR count). The summed E-state index contributed by atoms with van der Waals surface area (Å²) in [6.45, 7) is 1.93. The number of hydrogen-bond donors (Lipinski definition) is 0. The number of aryl methyl sites for hydroxylation is 1. The van der Waals surface area contributed by atoms with Crippen LogP contribution in [0.3, 0.4) is 0 Å². The Morgan fingerprint density at radius 1 is 1.24 bits per heavy atom. The highest BCUT2D eigenvalue weighted by atomic mass is 35.5. The number of fused-ring (bicyclic) bond motifs is 1. The highest BCUT2D eigenvalue weighted by Crippen LogP contribution is 2.19. The molecule has 0 unspecified atom stereocenters. The maximum atomic E-state index is 5.93. The van der Waals surface area contributed by atoms with Gasteiger partial charge < -0.3 is 0 Å². The predicted molar refractivity (Wildman–Crippen MR) is 63.8 cm³/mol. The molecule has 0 bridgehead atoms. The molecule has 0 N–H and O–H groups in total. The SMILES string of the molecule is Cc1cccc(-c2nnc3c(Cl)nccn23)n1. The molecule has 3 aromatic heterocycles. The summed E-state index contributed by atoms with van der Waals surface area (Å²) >= 11 is 5.93. The van der Waals surface area contributed by atoms with Gasteiger partial charge in [-0.15, -0.1) is 10.2 Å². The van der Waals surface area contributed by atoms with Gasteiger partial charge in [-0.1, -0.05) is 17.7 Å². The Balaban J connectivity index is 2.28. The van der Waals surface area contributed by atoms with E-state index in [1.807, 2.05) is 25.1 Å². The molecule has 0 amide bonds. The first-order chi connectivity index (χ1) is 8.25. The number of halogens is 1. The lowest BCUT2D eigenvalue weighted by atomic mass is 10.3. The van der Waals surface area contributed by atoms with E-state index in [2.05, 4.69) is 20.2 Å². The lowest BCUT2D eigenvalue weighted by Gasteiger charge is -2.00. The minimum atomic E-state index is 0.332. The third-order valence-electron chi connectivity index (χ3n) is 2.40. The molecular weight excluding hydrogens is 238 g/mol. The van der Waals surface area contributed by atoms with E-state index in [9.17, 15) is 0 Å². The van der Waals surface area contributed by atoms with E-state index in [0.717, 1.165) is 11.4 Å². The van der Waals surface area contributed by atoms with Gasteiger partial charge in [0.25, 0.3) is 0 Å². The van der Waals surface area contributed by atoms with Crippen molar-refractivity contribution in [3.05, 3.63) is 41.4 Å². The fraction of sp³-hybridized carbons (Fsp3) is 0.0909. The molecule has 6 heteroatoms. The molecule has 0 saturated carbocycles. The van der Waals surface area contributed by atoms with E-state index < -0.39 is 0 Å². The van der Waals surface area contributed by atoms with Crippen molar-refractivity contribution < 1.29 is 0 Å². The largest absolute Gasteiger partial charge is 0.277 e. The third-order valence-corrected chi connectivity index (χ3v) is 2.67. The minimum absolute atomic E-state index is 0.332. The quantitative estimate of drug-likeness (QED) is 0.659. The molecule has 0 spiro atoms. The van der Waals surface area contributed by atoms with Crippen LogP contribution in [0.15, 0.2) is 30.6 Å². The molecule has 0 aliphatic rings. The second kappa shape index (κ2) is 3.78. The van der Waals surface area contributed by atoms with Crippen molar-refractivity contribution in [1.82, 2.24) is 24.6 Å². The highest BCUT2D eigenvalue weighted by Gasteiger charge is 2.11. The van der Waals surface area contributed by atoms with Crippen molar-refractivity contribution in [3.8, 4) is 11.5 Å². The van der Waals surface area contributed by atoms with E-state index in [-0.39, 0.29) is 0 Å². The topological polar surface area (TPSA) is 56.0 Å². The molecule has 0 radical (unpaired) electrons. The van der Waals surface area contributed by atoms with Crippen molar-refractivity contribution in [2.45, 2.75) is 6.92 Å². The zero-order valence-corrected chi connectivity index (χ0v) is 9.76. The van der Waals surface area contributed by atoms with Gasteiger partial charge in [0.2, 0.25) is 0 Å². The molecule has 0 aliphatic carbocycles. The van der Waals surface area contributed by atoms with Crippen LogP contribution in [0.25, 0.3) is 17.2 Å². The molecule has 0 atom stereocenters. The number of nitrogens with zero attached hydrogens (tertiary/aromatic N) is 5. The van der Waals surface area contributed by atoms with Crippen LogP contribution in [0.5, 0.6) is 0 Å². The van der Waals surface area contributed by atoms with Crippen LogP contribution in [0.1, 0.15) is 5.69 Å². The van der Waals surface area contributed by atoms with Gasteiger partial charge in [-0.2, -0.15) is 0 Å². The highest BCUT2D eigenvalue weighted by molar-refractivity contribution is 6.32. The molecule has 5 nitrogen and oxygen atoms in total. The average Bonchev–Trinajstić information content (AvgIpc) is 2.74. The van der Waals surface area contributed by atoms with Gasteiger partial charge in [0.1, 0.15) is 5.69 Å². The van der Waals surface area contributed by atoms with Crippen LogP contribution in [0, 0.1) is 6.92 Å². The van der Waals surface area contributed by atoms with Crippen LogP contribution in [-0.4, -0.2) is 24.6 Å². The zero-order chi connectivity index (χ0) is 11.8. The van der Waals surface area contributed by atoms with Gasteiger partial charge in [0, 0.05) is 18.1 Å². The molecule has 3 aromatic rings. The van der Waals surface area contributed by atoms with E-state index >= 15 is 0 Å². The zero-order valence-electron chi connectivity index (χ0n) is 9.00. The summed E-state index contributed by atoms with van der Waals surface area (Å²) < 4.78 is 1.77. The number of hydrogen-bond acceptors (Lipinski definition) is 4. The van der Waals surface area contributed by atoms with E-state index in [0.29, 0.717) is 16.6 Å².